The van der Waals surface area contributed by atoms with Crippen LogP contribution in [-0.4, -0.2) is 27.9 Å². The van der Waals surface area contributed by atoms with Gasteiger partial charge in [0.1, 0.15) is 0 Å². The lowest BCUT2D eigenvalue weighted by atomic mass is 10.0. The maximum atomic E-state index is 10.8. The number of unbranched alkanes of at least 4 members (excludes halogenated alkanes) is 1. The van der Waals surface area contributed by atoms with Crippen LogP contribution in [0.2, 0.25) is 5.02 Å². The van der Waals surface area contributed by atoms with E-state index in [2.05, 4.69) is 0 Å². The van der Waals surface area contributed by atoms with Gasteiger partial charge in [0.2, 0.25) is 0 Å². The predicted octanol–water partition coefficient (Wildman–Crippen LogP) is 2.23. The van der Waals surface area contributed by atoms with Crippen molar-refractivity contribution < 1.29 is 20.1 Å². The zero-order valence-corrected chi connectivity index (χ0v) is 10.0. The minimum absolute atomic E-state index is 0.0790. The number of carbonyl (C=O) groups is 1. The van der Waals surface area contributed by atoms with Gasteiger partial charge in [-0.25, -0.2) is 4.79 Å². The van der Waals surface area contributed by atoms with Crippen LogP contribution in [0.15, 0.2) is 18.2 Å². The Morgan fingerprint density at radius 2 is 2.06 bits per heavy atom. The average molecular weight is 259 g/mol. The summed E-state index contributed by atoms with van der Waals surface area (Å²) in [4.78, 5) is 10.8. The van der Waals surface area contributed by atoms with E-state index >= 15 is 0 Å². The Labute approximate surface area is 104 Å². The summed E-state index contributed by atoms with van der Waals surface area (Å²) >= 11 is 5.91. The highest BCUT2D eigenvalue weighted by atomic mass is 35.5. The van der Waals surface area contributed by atoms with Crippen LogP contribution in [-0.2, 0) is 0 Å². The molecular weight excluding hydrogens is 244 g/mol. The van der Waals surface area contributed by atoms with Gasteiger partial charge in [0.05, 0.1) is 11.7 Å². The first-order chi connectivity index (χ1) is 8.06. The number of rotatable bonds is 6. The Kier molecular flexibility index (Phi) is 5.41. The maximum absolute atomic E-state index is 10.8. The molecule has 1 rings (SSSR count). The van der Waals surface area contributed by atoms with E-state index in [-0.39, 0.29) is 12.2 Å². The molecule has 0 radical (unpaired) electrons. The molecule has 3 N–H and O–H groups in total. The topological polar surface area (TPSA) is 77.8 Å². The van der Waals surface area contributed by atoms with Crippen molar-refractivity contribution in [1.29, 1.82) is 0 Å². The molecule has 0 fully saturated rings. The molecule has 0 saturated heterocycles. The summed E-state index contributed by atoms with van der Waals surface area (Å²) < 4.78 is 0. The first kappa shape index (κ1) is 14.0. The molecule has 0 aliphatic carbocycles. The number of hydrogen-bond acceptors (Lipinski definition) is 3. The minimum Gasteiger partial charge on any atom is -0.478 e. The van der Waals surface area contributed by atoms with Crippen molar-refractivity contribution in [2.24, 2.45) is 0 Å². The molecule has 94 valence electrons. The number of halogens is 1. The average Bonchev–Trinajstić information content (AvgIpc) is 2.29. The van der Waals surface area contributed by atoms with E-state index in [1.54, 1.807) is 0 Å². The summed E-state index contributed by atoms with van der Waals surface area (Å²) in [6.45, 7) is 0.0790. The van der Waals surface area contributed by atoms with Crippen LogP contribution in [0.5, 0.6) is 0 Å². The predicted molar refractivity (Wildman–Crippen MR) is 64.3 cm³/mol. The molecule has 0 spiro atoms. The van der Waals surface area contributed by atoms with Gasteiger partial charge in [0.25, 0.3) is 0 Å². The van der Waals surface area contributed by atoms with Gasteiger partial charge >= 0.3 is 5.97 Å². The van der Waals surface area contributed by atoms with Crippen LogP contribution in [0.25, 0.3) is 0 Å². The molecular formula is C12H15ClO4. The summed E-state index contributed by atoms with van der Waals surface area (Å²) in [5, 5.41) is 27.7. The molecule has 0 aliphatic heterocycles. The number of carboxylic acids is 1. The zero-order chi connectivity index (χ0) is 12.8. The van der Waals surface area contributed by atoms with Crippen LogP contribution in [0.3, 0.4) is 0 Å². The molecule has 0 saturated carbocycles. The van der Waals surface area contributed by atoms with Gasteiger partial charge in [0.15, 0.2) is 0 Å². The van der Waals surface area contributed by atoms with E-state index in [1.807, 2.05) is 0 Å². The number of aromatic carboxylic acids is 1. The Bertz CT molecular complexity index is 392. The third kappa shape index (κ3) is 4.00. The molecule has 1 unspecified atom stereocenters. The smallest absolute Gasteiger partial charge is 0.335 e. The summed E-state index contributed by atoms with van der Waals surface area (Å²) in [5.74, 6) is -1.05. The second-order valence-electron chi connectivity index (χ2n) is 3.78. The summed E-state index contributed by atoms with van der Waals surface area (Å²) in [6, 6.07) is 4.25. The molecule has 0 aliphatic rings. The Balaban J connectivity index is 2.80. The van der Waals surface area contributed by atoms with Crippen LogP contribution in [0.4, 0.5) is 0 Å². The van der Waals surface area contributed by atoms with Crippen molar-refractivity contribution in [3.63, 3.8) is 0 Å². The van der Waals surface area contributed by atoms with Gasteiger partial charge < -0.3 is 15.3 Å². The lowest BCUT2D eigenvalue weighted by Gasteiger charge is -2.13. The summed E-state index contributed by atoms with van der Waals surface area (Å²) in [6.07, 6.45) is 0.912. The standard InChI is InChI=1S/C12H15ClO4/c13-10-5-4-8(12(16)17)7-9(10)11(15)3-1-2-6-14/h4-5,7,11,14-15H,1-3,6H2,(H,16,17). The van der Waals surface area contributed by atoms with Crippen molar-refractivity contribution in [1.82, 2.24) is 0 Å². The molecule has 1 aromatic rings. The largest absolute Gasteiger partial charge is 0.478 e. The number of benzene rings is 1. The summed E-state index contributed by atoms with van der Waals surface area (Å²) in [7, 11) is 0. The van der Waals surface area contributed by atoms with Crippen molar-refractivity contribution >= 4 is 17.6 Å². The Morgan fingerprint density at radius 1 is 1.35 bits per heavy atom. The van der Waals surface area contributed by atoms with E-state index in [0.29, 0.717) is 29.8 Å². The highest BCUT2D eigenvalue weighted by Gasteiger charge is 2.14. The monoisotopic (exact) mass is 258 g/mol. The van der Waals surface area contributed by atoms with Gasteiger partial charge in [-0.3, -0.25) is 0 Å². The quantitative estimate of drug-likeness (QED) is 0.684. The van der Waals surface area contributed by atoms with Crippen molar-refractivity contribution in [2.45, 2.75) is 25.4 Å². The molecule has 0 amide bonds. The van der Waals surface area contributed by atoms with E-state index in [1.165, 1.54) is 18.2 Å². The molecule has 0 aromatic heterocycles. The molecule has 5 heteroatoms. The fraction of sp³-hybridized carbons (Fsp3) is 0.417. The number of hydrogen-bond donors (Lipinski definition) is 3. The van der Waals surface area contributed by atoms with Crippen LogP contribution >= 0.6 is 11.6 Å². The molecule has 0 heterocycles. The highest BCUT2D eigenvalue weighted by molar-refractivity contribution is 6.31. The van der Waals surface area contributed by atoms with Gasteiger partial charge in [-0.05, 0) is 43.0 Å². The van der Waals surface area contributed by atoms with Gasteiger partial charge in [0, 0.05) is 11.6 Å². The fourth-order valence-electron chi connectivity index (χ4n) is 1.54. The van der Waals surface area contributed by atoms with Crippen LogP contribution < -0.4 is 0 Å². The number of aliphatic hydroxyl groups excluding tert-OH is 2. The lowest BCUT2D eigenvalue weighted by Crippen LogP contribution is -2.03. The van der Waals surface area contributed by atoms with Crippen LogP contribution in [0.1, 0.15) is 41.3 Å². The molecule has 4 nitrogen and oxygen atoms in total. The van der Waals surface area contributed by atoms with Crippen molar-refractivity contribution in [3.8, 4) is 0 Å². The second kappa shape index (κ2) is 6.59. The van der Waals surface area contributed by atoms with E-state index in [4.69, 9.17) is 21.8 Å². The zero-order valence-electron chi connectivity index (χ0n) is 9.27. The lowest BCUT2D eigenvalue weighted by molar-refractivity contribution is 0.0696. The minimum atomic E-state index is -1.05. The first-order valence-electron chi connectivity index (χ1n) is 5.38. The van der Waals surface area contributed by atoms with E-state index in [9.17, 15) is 9.90 Å². The SMILES string of the molecule is O=C(O)c1ccc(Cl)c(C(O)CCCCO)c1. The van der Waals surface area contributed by atoms with Crippen molar-refractivity contribution in [3.05, 3.63) is 34.3 Å². The number of aliphatic hydroxyl groups is 2. The highest BCUT2D eigenvalue weighted by Crippen LogP contribution is 2.27. The van der Waals surface area contributed by atoms with Crippen LogP contribution in [0, 0.1) is 0 Å². The Morgan fingerprint density at radius 3 is 2.65 bits per heavy atom. The maximum Gasteiger partial charge on any atom is 0.335 e. The Hall–Kier alpha value is -1.10. The molecule has 1 atom stereocenters. The molecule has 1 aromatic carbocycles. The van der Waals surface area contributed by atoms with Crippen molar-refractivity contribution in [2.75, 3.05) is 6.61 Å². The number of carboxylic acid groups (broad SMARTS) is 1. The first-order valence-corrected chi connectivity index (χ1v) is 5.75. The normalized spacial score (nSPS) is 12.4. The van der Waals surface area contributed by atoms with E-state index < -0.39 is 12.1 Å². The van der Waals surface area contributed by atoms with E-state index in [0.717, 1.165) is 0 Å². The third-order valence-corrected chi connectivity index (χ3v) is 2.83. The fourth-order valence-corrected chi connectivity index (χ4v) is 1.78. The van der Waals surface area contributed by atoms with Gasteiger partial charge in [-0.15, -0.1) is 0 Å². The second-order valence-corrected chi connectivity index (χ2v) is 4.18. The summed E-state index contributed by atoms with van der Waals surface area (Å²) in [5.41, 5.74) is 0.523. The molecule has 17 heavy (non-hydrogen) atoms. The molecule has 0 bridgehead atoms. The van der Waals surface area contributed by atoms with Gasteiger partial charge in [-0.1, -0.05) is 11.6 Å². The van der Waals surface area contributed by atoms with Gasteiger partial charge in [-0.2, -0.15) is 0 Å². The third-order valence-electron chi connectivity index (χ3n) is 2.49.